The number of hydrogen-bond acceptors (Lipinski definition) is 0. The summed E-state index contributed by atoms with van der Waals surface area (Å²) >= 11 is 0. The van der Waals surface area contributed by atoms with Gasteiger partial charge in [-0.3, -0.25) is 0 Å². The normalized spacial score (nSPS) is 15.2. The highest BCUT2D eigenvalue weighted by molar-refractivity contribution is 4.58. The number of rotatable bonds is 10. The predicted octanol–water partition coefficient (Wildman–Crippen LogP) is 3.78. The fourth-order valence-electron chi connectivity index (χ4n) is 1.91. The van der Waals surface area contributed by atoms with Crippen LogP contribution in [0.5, 0.6) is 0 Å². The summed E-state index contributed by atoms with van der Waals surface area (Å²) in [5, 5.41) is 0. The molecular formula is C14H32N+. The Balaban J connectivity index is 3.21. The molecule has 1 heteroatoms. The summed E-state index contributed by atoms with van der Waals surface area (Å²) in [5.41, 5.74) is 4.26. The van der Waals surface area contributed by atoms with Gasteiger partial charge in [0.05, 0.1) is 6.04 Å². The highest BCUT2D eigenvalue weighted by Gasteiger charge is 2.07. The molecule has 2 atom stereocenters. The molecule has 0 saturated carbocycles. The fraction of sp³-hybridized carbons (Fsp3) is 1.00. The third-order valence-electron chi connectivity index (χ3n) is 3.48. The number of unbranched alkanes of at least 4 members (excludes halogenated alkanes) is 4. The first-order valence-corrected chi connectivity index (χ1v) is 7.03. The minimum atomic E-state index is 0.709. The summed E-state index contributed by atoms with van der Waals surface area (Å²) in [6.07, 6.45) is 12.4. The van der Waals surface area contributed by atoms with Crippen molar-refractivity contribution < 1.29 is 5.73 Å². The standard InChI is InChI=1S/C14H31N/c1-4-6-7-8-9-10-14(15)12-11-13(3)5-2/h13-14H,4-12,15H2,1-3H3/p+1. The zero-order valence-electron chi connectivity index (χ0n) is 11.2. The van der Waals surface area contributed by atoms with Gasteiger partial charge in [0.2, 0.25) is 0 Å². The van der Waals surface area contributed by atoms with E-state index in [0.717, 1.165) is 5.92 Å². The third kappa shape index (κ3) is 10.2. The van der Waals surface area contributed by atoms with Crippen molar-refractivity contribution in [1.82, 2.24) is 0 Å². The summed E-state index contributed by atoms with van der Waals surface area (Å²) in [6.45, 7) is 6.91. The van der Waals surface area contributed by atoms with Crippen LogP contribution in [0.15, 0.2) is 0 Å². The van der Waals surface area contributed by atoms with Crippen molar-refractivity contribution in [2.75, 3.05) is 0 Å². The van der Waals surface area contributed by atoms with Gasteiger partial charge in [0.15, 0.2) is 0 Å². The van der Waals surface area contributed by atoms with Crippen molar-refractivity contribution in [3.8, 4) is 0 Å². The van der Waals surface area contributed by atoms with Gasteiger partial charge in [-0.25, -0.2) is 0 Å². The van der Waals surface area contributed by atoms with Gasteiger partial charge in [-0.15, -0.1) is 0 Å². The Hall–Kier alpha value is -0.0400. The van der Waals surface area contributed by atoms with Gasteiger partial charge in [0, 0.05) is 0 Å². The molecule has 1 nitrogen and oxygen atoms in total. The van der Waals surface area contributed by atoms with Gasteiger partial charge in [0.1, 0.15) is 0 Å². The second-order valence-electron chi connectivity index (χ2n) is 5.16. The topological polar surface area (TPSA) is 27.6 Å². The van der Waals surface area contributed by atoms with E-state index in [0.29, 0.717) is 6.04 Å². The average Bonchev–Trinajstić information content (AvgIpc) is 2.25. The second-order valence-corrected chi connectivity index (χ2v) is 5.16. The van der Waals surface area contributed by atoms with E-state index >= 15 is 0 Å². The van der Waals surface area contributed by atoms with Gasteiger partial charge in [0.25, 0.3) is 0 Å². The van der Waals surface area contributed by atoms with Crippen LogP contribution in [0.25, 0.3) is 0 Å². The molecule has 15 heavy (non-hydrogen) atoms. The zero-order valence-corrected chi connectivity index (χ0v) is 11.2. The van der Waals surface area contributed by atoms with Gasteiger partial charge >= 0.3 is 0 Å². The minimum absolute atomic E-state index is 0.709. The van der Waals surface area contributed by atoms with Crippen LogP contribution in [0.1, 0.15) is 78.6 Å². The molecule has 3 N–H and O–H groups in total. The summed E-state index contributed by atoms with van der Waals surface area (Å²) < 4.78 is 0. The maximum absolute atomic E-state index is 4.26. The average molecular weight is 214 g/mol. The molecule has 0 amide bonds. The molecule has 0 aliphatic carbocycles. The highest BCUT2D eigenvalue weighted by atomic mass is 14.6. The quantitative estimate of drug-likeness (QED) is 0.536. The second kappa shape index (κ2) is 10.5. The number of quaternary nitrogens is 1. The van der Waals surface area contributed by atoms with Gasteiger partial charge in [-0.1, -0.05) is 52.9 Å². The van der Waals surface area contributed by atoms with Crippen LogP contribution in [-0.2, 0) is 0 Å². The van der Waals surface area contributed by atoms with Crippen LogP contribution < -0.4 is 5.73 Å². The summed E-state index contributed by atoms with van der Waals surface area (Å²) in [6, 6.07) is 0.709. The van der Waals surface area contributed by atoms with Gasteiger partial charge in [-0.2, -0.15) is 0 Å². The number of hydrogen-bond donors (Lipinski definition) is 1. The van der Waals surface area contributed by atoms with E-state index in [9.17, 15) is 0 Å². The smallest absolute Gasteiger partial charge is 0.0843 e. The third-order valence-corrected chi connectivity index (χ3v) is 3.48. The molecule has 0 aliphatic heterocycles. The van der Waals surface area contributed by atoms with E-state index in [-0.39, 0.29) is 0 Å². The maximum atomic E-state index is 4.26. The summed E-state index contributed by atoms with van der Waals surface area (Å²) in [5.74, 6) is 0.898. The van der Waals surface area contributed by atoms with Crippen LogP contribution >= 0.6 is 0 Å². The molecule has 0 saturated heterocycles. The van der Waals surface area contributed by atoms with Crippen LogP contribution in [0.4, 0.5) is 0 Å². The zero-order chi connectivity index (χ0) is 11.5. The molecule has 0 aromatic carbocycles. The Morgan fingerprint density at radius 2 is 1.53 bits per heavy atom. The molecule has 0 bridgehead atoms. The van der Waals surface area contributed by atoms with E-state index < -0.39 is 0 Å². The Bertz CT molecular complexity index is 123. The lowest BCUT2D eigenvalue weighted by atomic mass is 9.97. The molecule has 0 aliphatic rings. The van der Waals surface area contributed by atoms with Crippen molar-refractivity contribution in [2.24, 2.45) is 5.92 Å². The lowest BCUT2D eigenvalue weighted by molar-refractivity contribution is -0.423. The minimum Gasteiger partial charge on any atom is -0.355 e. The Labute approximate surface area is 96.8 Å². The molecular weight excluding hydrogens is 182 g/mol. The molecule has 2 unspecified atom stereocenters. The van der Waals surface area contributed by atoms with Gasteiger partial charge < -0.3 is 5.73 Å². The Kier molecular flexibility index (Phi) is 10.4. The molecule has 0 rings (SSSR count). The van der Waals surface area contributed by atoms with Crippen molar-refractivity contribution in [1.29, 1.82) is 0 Å². The first-order chi connectivity index (χ1) is 7.20. The maximum Gasteiger partial charge on any atom is 0.0843 e. The van der Waals surface area contributed by atoms with Crippen LogP contribution in [-0.4, -0.2) is 6.04 Å². The van der Waals surface area contributed by atoms with Crippen LogP contribution in [0.3, 0.4) is 0 Å². The molecule has 92 valence electrons. The Morgan fingerprint density at radius 3 is 2.13 bits per heavy atom. The predicted molar refractivity (Wildman–Crippen MR) is 68.7 cm³/mol. The molecule has 0 fully saturated rings. The summed E-state index contributed by atoms with van der Waals surface area (Å²) in [4.78, 5) is 0. The van der Waals surface area contributed by atoms with Crippen molar-refractivity contribution in [3.63, 3.8) is 0 Å². The van der Waals surface area contributed by atoms with E-state index in [1.807, 2.05) is 0 Å². The molecule has 0 aromatic heterocycles. The van der Waals surface area contributed by atoms with E-state index in [2.05, 4.69) is 26.5 Å². The molecule has 0 aromatic rings. The monoisotopic (exact) mass is 214 g/mol. The van der Waals surface area contributed by atoms with E-state index in [1.54, 1.807) is 0 Å². The van der Waals surface area contributed by atoms with Crippen molar-refractivity contribution in [2.45, 2.75) is 84.6 Å². The Morgan fingerprint density at radius 1 is 0.867 bits per heavy atom. The van der Waals surface area contributed by atoms with E-state index in [1.165, 1.54) is 57.8 Å². The van der Waals surface area contributed by atoms with Crippen LogP contribution in [0, 0.1) is 5.92 Å². The lowest BCUT2D eigenvalue weighted by Gasteiger charge is -2.11. The fourth-order valence-corrected chi connectivity index (χ4v) is 1.91. The largest absolute Gasteiger partial charge is 0.355 e. The first kappa shape index (κ1) is 15.0. The SMILES string of the molecule is CCCCCCCC([NH3+])CCC(C)CC. The lowest BCUT2D eigenvalue weighted by Crippen LogP contribution is -2.60. The van der Waals surface area contributed by atoms with Crippen molar-refractivity contribution >= 4 is 0 Å². The highest BCUT2D eigenvalue weighted by Crippen LogP contribution is 2.13. The first-order valence-electron chi connectivity index (χ1n) is 7.03. The van der Waals surface area contributed by atoms with E-state index in [4.69, 9.17) is 0 Å². The molecule has 0 spiro atoms. The summed E-state index contributed by atoms with van der Waals surface area (Å²) in [7, 11) is 0. The molecule has 0 radical (unpaired) electrons. The van der Waals surface area contributed by atoms with Gasteiger partial charge in [-0.05, 0) is 31.6 Å². The van der Waals surface area contributed by atoms with Crippen molar-refractivity contribution in [3.05, 3.63) is 0 Å². The van der Waals surface area contributed by atoms with Crippen LogP contribution in [0.2, 0.25) is 0 Å². The molecule has 0 heterocycles.